The molecule has 0 atom stereocenters. The van der Waals surface area contributed by atoms with Crippen LogP contribution in [0.1, 0.15) is 27.0 Å². The lowest BCUT2D eigenvalue weighted by Gasteiger charge is -2.03. The van der Waals surface area contributed by atoms with E-state index in [0.29, 0.717) is 21.8 Å². The lowest BCUT2D eigenvalue weighted by molar-refractivity contribution is 0.0563. The largest absolute Gasteiger partial charge is 0.463 e. The zero-order valence-corrected chi connectivity index (χ0v) is 15.9. The third-order valence-electron chi connectivity index (χ3n) is 4.31. The van der Waals surface area contributed by atoms with Crippen molar-refractivity contribution in [3.8, 4) is 11.1 Å². The van der Waals surface area contributed by atoms with Crippen molar-refractivity contribution in [1.82, 2.24) is 9.97 Å². The maximum atomic E-state index is 13.2. The van der Waals surface area contributed by atoms with Crippen LogP contribution in [0.15, 0.2) is 45.6 Å². The molecule has 1 aromatic carbocycles. The molecule has 3 heterocycles. The van der Waals surface area contributed by atoms with E-state index in [1.54, 1.807) is 18.2 Å². The number of nitrogens with one attached hydrogen (secondary N) is 1. The minimum atomic E-state index is -0.569. The number of H-pyrrole nitrogens is 1. The molecule has 0 radical (unpaired) electrons. The number of methoxy groups -OCH3 is 1. The van der Waals surface area contributed by atoms with Crippen molar-refractivity contribution in [3.05, 3.63) is 74.8 Å². The Morgan fingerprint density at radius 2 is 2.00 bits per heavy atom. The minimum absolute atomic E-state index is 0.0893. The Hall–Kier alpha value is -3.26. The van der Waals surface area contributed by atoms with E-state index in [1.807, 2.05) is 6.92 Å². The predicted octanol–water partition coefficient (Wildman–Crippen LogP) is 4.07. The Bertz CT molecular complexity index is 1240. The molecular weight excluding hydrogens is 383 g/mol. The summed E-state index contributed by atoms with van der Waals surface area (Å²) in [6.07, 6.45) is 0.227. The number of aromatic nitrogens is 2. The molecule has 1 N–H and O–H groups in total. The number of benzene rings is 1. The number of hydrogen-bond acceptors (Lipinski definition) is 6. The quantitative estimate of drug-likeness (QED) is 0.524. The number of furan rings is 1. The van der Waals surface area contributed by atoms with Crippen LogP contribution in [0.3, 0.4) is 0 Å². The number of halogens is 1. The summed E-state index contributed by atoms with van der Waals surface area (Å²) >= 11 is 1.40. The van der Waals surface area contributed by atoms with Gasteiger partial charge >= 0.3 is 5.97 Å². The number of aromatic amines is 1. The summed E-state index contributed by atoms with van der Waals surface area (Å²) in [5.74, 6) is 0.0950. The Morgan fingerprint density at radius 1 is 1.25 bits per heavy atom. The fourth-order valence-electron chi connectivity index (χ4n) is 3.06. The van der Waals surface area contributed by atoms with Gasteiger partial charge in [-0.3, -0.25) is 4.79 Å². The number of ether oxygens (including phenoxy) is 1. The number of fused-ring (bicyclic) bond motifs is 1. The molecule has 0 aliphatic heterocycles. The molecule has 0 amide bonds. The van der Waals surface area contributed by atoms with Crippen LogP contribution in [-0.2, 0) is 11.2 Å². The molecule has 0 unspecified atom stereocenters. The maximum Gasteiger partial charge on any atom is 0.373 e. The van der Waals surface area contributed by atoms with Gasteiger partial charge in [0.25, 0.3) is 5.56 Å². The summed E-state index contributed by atoms with van der Waals surface area (Å²) in [4.78, 5) is 33.1. The summed E-state index contributed by atoms with van der Waals surface area (Å²) in [5.41, 5.74) is 1.24. The topological polar surface area (TPSA) is 85.2 Å². The highest BCUT2D eigenvalue weighted by Gasteiger charge is 2.18. The predicted molar refractivity (Wildman–Crippen MR) is 103 cm³/mol. The van der Waals surface area contributed by atoms with Crippen molar-refractivity contribution in [1.29, 1.82) is 0 Å². The molecule has 0 aliphatic rings. The lowest BCUT2D eigenvalue weighted by atomic mass is 10.0. The number of nitrogens with zero attached hydrogens (tertiary/aromatic N) is 1. The minimum Gasteiger partial charge on any atom is -0.463 e. The monoisotopic (exact) mass is 398 g/mol. The number of aryl methyl sites for hydroxylation is 1. The summed E-state index contributed by atoms with van der Waals surface area (Å²) in [6.45, 7) is 1.90. The molecule has 0 fully saturated rings. The summed E-state index contributed by atoms with van der Waals surface area (Å²) in [5, 5.41) is 0.479. The van der Waals surface area contributed by atoms with Crippen LogP contribution in [0, 0.1) is 12.7 Å². The van der Waals surface area contributed by atoms with Gasteiger partial charge in [0, 0.05) is 10.4 Å². The number of carbonyl (C=O) groups excluding carboxylic acids is 1. The van der Waals surface area contributed by atoms with Gasteiger partial charge in [-0.25, -0.2) is 14.2 Å². The third kappa shape index (κ3) is 3.22. The van der Waals surface area contributed by atoms with Crippen LogP contribution in [0.2, 0.25) is 0 Å². The first kappa shape index (κ1) is 18.1. The molecule has 28 heavy (non-hydrogen) atoms. The van der Waals surface area contributed by atoms with Crippen LogP contribution in [0.25, 0.3) is 21.3 Å². The Kier molecular flexibility index (Phi) is 4.56. The van der Waals surface area contributed by atoms with Crippen LogP contribution >= 0.6 is 11.3 Å². The first-order valence-corrected chi connectivity index (χ1v) is 9.23. The van der Waals surface area contributed by atoms with E-state index < -0.39 is 5.97 Å². The van der Waals surface area contributed by atoms with Crippen molar-refractivity contribution in [2.45, 2.75) is 13.3 Å². The molecule has 0 saturated heterocycles. The van der Waals surface area contributed by atoms with Crippen molar-refractivity contribution >= 4 is 27.5 Å². The number of thiophene rings is 1. The zero-order valence-electron chi connectivity index (χ0n) is 15.0. The van der Waals surface area contributed by atoms with Crippen molar-refractivity contribution in [3.63, 3.8) is 0 Å². The van der Waals surface area contributed by atoms with Gasteiger partial charge in [-0.2, -0.15) is 0 Å². The fourth-order valence-corrected chi connectivity index (χ4v) is 4.12. The van der Waals surface area contributed by atoms with Crippen LogP contribution < -0.4 is 5.56 Å². The first-order chi connectivity index (χ1) is 13.5. The van der Waals surface area contributed by atoms with Gasteiger partial charge in [-0.15, -0.1) is 11.3 Å². The van der Waals surface area contributed by atoms with Gasteiger partial charge in [0.15, 0.2) is 0 Å². The van der Waals surface area contributed by atoms with Gasteiger partial charge in [-0.05, 0) is 36.8 Å². The van der Waals surface area contributed by atoms with Crippen molar-refractivity contribution in [2.75, 3.05) is 7.11 Å². The fraction of sp³-hybridized carbons (Fsp3) is 0.150. The molecule has 8 heteroatoms. The molecule has 0 spiro atoms. The van der Waals surface area contributed by atoms with Gasteiger partial charge in [0.05, 0.1) is 18.9 Å². The van der Waals surface area contributed by atoms with Gasteiger partial charge < -0.3 is 14.1 Å². The zero-order chi connectivity index (χ0) is 19.8. The number of rotatable bonds is 4. The Balaban J connectivity index is 1.74. The van der Waals surface area contributed by atoms with Gasteiger partial charge in [-0.1, -0.05) is 12.1 Å². The standard InChI is InChI=1S/C20H15FN2O4S/c1-10-16(11-3-5-12(21)6-4-11)17-18(24)22-15(23-19(17)28-10)9-13-7-8-14(27-13)20(25)26-2/h3-8H,9H2,1-2H3,(H,22,23,24). The van der Waals surface area contributed by atoms with Crippen molar-refractivity contribution < 1.29 is 18.3 Å². The third-order valence-corrected chi connectivity index (χ3v) is 5.31. The molecule has 3 aromatic heterocycles. The van der Waals surface area contributed by atoms with Crippen molar-refractivity contribution in [2.24, 2.45) is 0 Å². The molecule has 142 valence electrons. The number of esters is 1. The van der Waals surface area contributed by atoms with Gasteiger partial charge in [0.1, 0.15) is 22.2 Å². The van der Waals surface area contributed by atoms with Gasteiger partial charge in [0.2, 0.25) is 5.76 Å². The Morgan fingerprint density at radius 3 is 2.71 bits per heavy atom. The lowest BCUT2D eigenvalue weighted by Crippen LogP contribution is -2.11. The molecule has 4 rings (SSSR count). The van der Waals surface area contributed by atoms with E-state index in [4.69, 9.17) is 4.42 Å². The molecule has 4 aromatic rings. The summed E-state index contributed by atoms with van der Waals surface area (Å²) in [6, 6.07) is 9.18. The Labute approximate surface area is 162 Å². The van der Waals surface area contributed by atoms with E-state index in [0.717, 1.165) is 16.0 Å². The van der Waals surface area contributed by atoms with E-state index in [2.05, 4.69) is 14.7 Å². The normalized spacial score (nSPS) is 11.1. The van der Waals surface area contributed by atoms with Crippen LogP contribution in [-0.4, -0.2) is 23.0 Å². The highest BCUT2D eigenvalue weighted by Crippen LogP contribution is 2.35. The second-order valence-electron chi connectivity index (χ2n) is 6.17. The van der Waals surface area contributed by atoms with Crippen LogP contribution in [0.5, 0.6) is 0 Å². The number of hydrogen-bond donors (Lipinski definition) is 1. The second kappa shape index (κ2) is 7.05. The summed E-state index contributed by atoms with van der Waals surface area (Å²) in [7, 11) is 1.27. The molecule has 6 nitrogen and oxygen atoms in total. The maximum absolute atomic E-state index is 13.2. The smallest absolute Gasteiger partial charge is 0.373 e. The SMILES string of the molecule is COC(=O)c1ccc(Cc2nc3sc(C)c(-c4ccc(F)cc4)c3c(=O)[nH]2)o1. The molecule has 0 bridgehead atoms. The highest BCUT2D eigenvalue weighted by molar-refractivity contribution is 7.19. The van der Waals surface area contributed by atoms with E-state index in [-0.39, 0.29) is 23.6 Å². The van der Waals surface area contributed by atoms with E-state index >= 15 is 0 Å². The molecular formula is C20H15FN2O4S. The average Bonchev–Trinajstić information content (AvgIpc) is 3.26. The summed E-state index contributed by atoms with van der Waals surface area (Å²) < 4.78 is 23.3. The van der Waals surface area contributed by atoms with Crippen LogP contribution in [0.4, 0.5) is 4.39 Å². The molecule has 0 aliphatic carbocycles. The highest BCUT2D eigenvalue weighted by atomic mass is 32.1. The molecule has 0 saturated carbocycles. The second-order valence-corrected chi connectivity index (χ2v) is 7.37. The average molecular weight is 398 g/mol. The van der Waals surface area contributed by atoms with E-state index in [9.17, 15) is 14.0 Å². The van der Waals surface area contributed by atoms with E-state index in [1.165, 1.54) is 36.6 Å². The number of carbonyl (C=O) groups is 1. The first-order valence-electron chi connectivity index (χ1n) is 8.41.